The first-order valence-electron chi connectivity index (χ1n) is 6.92. The van der Waals surface area contributed by atoms with Crippen LogP contribution in [0.2, 0.25) is 0 Å². The van der Waals surface area contributed by atoms with E-state index in [0.29, 0.717) is 6.54 Å². The fourth-order valence-corrected chi connectivity index (χ4v) is 2.80. The normalized spacial score (nSPS) is 11.5. The fraction of sp³-hybridized carbons (Fsp3) is 0.188. The van der Waals surface area contributed by atoms with Gasteiger partial charge in [-0.15, -0.1) is 0 Å². The number of hydrogen-bond donors (Lipinski definition) is 2. The first-order valence-corrected chi connectivity index (χ1v) is 7.80. The van der Waals surface area contributed by atoms with Crippen LogP contribution in [0.15, 0.2) is 59.8 Å². The number of thioether (sulfide) groups is 1. The molecule has 5 nitrogen and oxygen atoms in total. The molecule has 0 fully saturated rings. The highest BCUT2D eigenvalue weighted by atomic mass is 32.2. The third kappa shape index (κ3) is 4.60. The Morgan fingerprint density at radius 1 is 1.14 bits per heavy atom. The van der Waals surface area contributed by atoms with Crippen molar-refractivity contribution in [1.29, 1.82) is 0 Å². The molecule has 1 heterocycles. The maximum absolute atomic E-state index is 12.4. The van der Waals surface area contributed by atoms with Crippen molar-refractivity contribution < 1.29 is 9.59 Å². The molecule has 0 aliphatic carbocycles. The molecule has 0 spiro atoms. The first kappa shape index (κ1) is 16.0. The van der Waals surface area contributed by atoms with Crippen LogP contribution in [0.4, 0.5) is 4.79 Å². The van der Waals surface area contributed by atoms with Crippen molar-refractivity contribution in [2.24, 2.45) is 0 Å². The molecule has 1 aromatic heterocycles. The summed E-state index contributed by atoms with van der Waals surface area (Å²) in [6.07, 6.45) is 1.67. The Morgan fingerprint density at radius 2 is 1.86 bits per heavy atom. The summed E-state index contributed by atoms with van der Waals surface area (Å²) in [5.41, 5.74) is 0.819. The predicted octanol–water partition coefficient (Wildman–Crippen LogP) is 2.76. The second-order valence-corrected chi connectivity index (χ2v) is 5.55. The molecule has 0 radical (unpaired) electrons. The lowest BCUT2D eigenvalue weighted by Gasteiger charge is -2.16. The summed E-state index contributed by atoms with van der Waals surface area (Å²) in [4.78, 5) is 28.2. The average molecular weight is 315 g/mol. The van der Waals surface area contributed by atoms with E-state index >= 15 is 0 Å². The van der Waals surface area contributed by atoms with Gasteiger partial charge in [-0.3, -0.25) is 10.1 Å². The van der Waals surface area contributed by atoms with Gasteiger partial charge >= 0.3 is 6.03 Å². The Balaban J connectivity index is 2.18. The van der Waals surface area contributed by atoms with E-state index in [1.807, 2.05) is 48.5 Å². The van der Waals surface area contributed by atoms with Crippen LogP contribution in [0.5, 0.6) is 0 Å². The van der Waals surface area contributed by atoms with E-state index < -0.39 is 11.3 Å². The number of pyridine rings is 1. The Bertz CT molecular complexity index is 620. The van der Waals surface area contributed by atoms with Gasteiger partial charge in [0.05, 0.1) is 5.03 Å². The van der Waals surface area contributed by atoms with Crippen LogP contribution in [0.1, 0.15) is 17.7 Å². The van der Waals surface area contributed by atoms with Crippen molar-refractivity contribution in [2.75, 3.05) is 6.54 Å². The lowest BCUT2D eigenvalue weighted by atomic mass is 10.1. The molecule has 0 aliphatic rings. The Kier molecular flexibility index (Phi) is 5.97. The maximum atomic E-state index is 12.4. The molecule has 2 aromatic rings. The minimum atomic E-state index is -0.543. The minimum absolute atomic E-state index is 0.368. The van der Waals surface area contributed by atoms with E-state index in [-0.39, 0.29) is 5.91 Å². The number of imide groups is 1. The zero-order chi connectivity index (χ0) is 15.8. The van der Waals surface area contributed by atoms with Crippen molar-refractivity contribution in [3.05, 3.63) is 60.3 Å². The van der Waals surface area contributed by atoms with E-state index in [4.69, 9.17) is 0 Å². The third-order valence-electron chi connectivity index (χ3n) is 2.79. The van der Waals surface area contributed by atoms with Gasteiger partial charge in [0, 0.05) is 12.7 Å². The van der Waals surface area contributed by atoms with Gasteiger partial charge in [0.2, 0.25) is 5.91 Å². The lowest BCUT2D eigenvalue weighted by Crippen LogP contribution is -2.41. The summed E-state index contributed by atoms with van der Waals surface area (Å²) in [5.74, 6) is -0.368. The van der Waals surface area contributed by atoms with Gasteiger partial charge in [0.1, 0.15) is 5.25 Å². The van der Waals surface area contributed by atoms with Gasteiger partial charge in [-0.1, -0.05) is 48.2 Å². The number of carbonyl (C=O) groups is 2. The molecular formula is C16H17N3O2S. The summed E-state index contributed by atoms with van der Waals surface area (Å²) in [6, 6.07) is 14.3. The summed E-state index contributed by atoms with van der Waals surface area (Å²) in [7, 11) is 0. The van der Waals surface area contributed by atoms with Crippen LogP contribution >= 0.6 is 11.8 Å². The SMILES string of the molecule is CCNC(=O)NC(=O)C(Sc1ccccn1)c1ccccc1. The van der Waals surface area contributed by atoms with E-state index in [2.05, 4.69) is 15.6 Å². The van der Waals surface area contributed by atoms with Crippen molar-refractivity contribution >= 4 is 23.7 Å². The largest absolute Gasteiger partial charge is 0.338 e. The number of urea groups is 1. The quantitative estimate of drug-likeness (QED) is 0.832. The lowest BCUT2D eigenvalue weighted by molar-refractivity contribution is -0.119. The number of nitrogens with one attached hydrogen (secondary N) is 2. The molecule has 6 heteroatoms. The van der Waals surface area contributed by atoms with Gasteiger partial charge in [-0.05, 0) is 24.6 Å². The fourth-order valence-electron chi connectivity index (χ4n) is 1.82. The first-order chi connectivity index (χ1) is 10.7. The molecular weight excluding hydrogens is 298 g/mol. The van der Waals surface area contributed by atoms with Crippen molar-refractivity contribution in [2.45, 2.75) is 17.2 Å². The Labute approximate surface area is 133 Å². The number of amides is 3. The molecule has 3 amide bonds. The number of rotatable bonds is 5. The van der Waals surface area contributed by atoms with Crippen LogP contribution in [0.3, 0.4) is 0 Å². The zero-order valence-electron chi connectivity index (χ0n) is 12.2. The molecule has 114 valence electrons. The molecule has 0 saturated heterocycles. The van der Waals surface area contributed by atoms with Gasteiger partial charge in [0.25, 0.3) is 0 Å². The highest BCUT2D eigenvalue weighted by molar-refractivity contribution is 8.00. The maximum Gasteiger partial charge on any atom is 0.321 e. The van der Waals surface area contributed by atoms with E-state index in [0.717, 1.165) is 10.6 Å². The minimum Gasteiger partial charge on any atom is -0.338 e. The Hall–Kier alpha value is -2.34. The summed E-state index contributed by atoms with van der Waals surface area (Å²) in [5, 5.41) is 5.09. The zero-order valence-corrected chi connectivity index (χ0v) is 13.0. The molecule has 1 unspecified atom stereocenters. The number of benzene rings is 1. The van der Waals surface area contributed by atoms with Crippen molar-refractivity contribution in [3.8, 4) is 0 Å². The van der Waals surface area contributed by atoms with Crippen LogP contribution in [-0.4, -0.2) is 23.5 Å². The van der Waals surface area contributed by atoms with Gasteiger partial charge in [0.15, 0.2) is 0 Å². The summed E-state index contributed by atoms with van der Waals surface area (Å²) >= 11 is 1.31. The molecule has 1 aromatic carbocycles. The second-order valence-electron chi connectivity index (χ2n) is 4.43. The topological polar surface area (TPSA) is 71.1 Å². The van der Waals surface area contributed by atoms with Crippen LogP contribution in [0, 0.1) is 0 Å². The van der Waals surface area contributed by atoms with E-state index in [1.165, 1.54) is 11.8 Å². The van der Waals surface area contributed by atoms with Crippen LogP contribution in [0.25, 0.3) is 0 Å². The Morgan fingerprint density at radius 3 is 2.50 bits per heavy atom. The molecule has 2 rings (SSSR count). The van der Waals surface area contributed by atoms with Crippen LogP contribution in [-0.2, 0) is 4.79 Å². The standard InChI is InChI=1S/C16H17N3O2S/c1-2-17-16(21)19-15(20)14(12-8-4-3-5-9-12)22-13-10-6-7-11-18-13/h3-11,14H,2H2,1H3,(H2,17,19,20,21). The van der Waals surface area contributed by atoms with Gasteiger partial charge in [-0.2, -0.15) is 0 Å². The van der Waals surface area contributed by atoms with E-state index in [9.17, 15) is 9.59 Å². The highest BCUT2D eigenvalue weighted by Crippen LogP contribution is 2.34. The monoisotopic (exact) mass is 315 g/mol. The predicted molar refractivity (Wildman–Crippen MR) is 86.5 cm³/mol. The van der Waals surface area contributed by atoms with E-state index in [1.54, 1.807) is 13.1 Å². The molecule has 0 saturated carbocycles. The third-order valence-corrected chi connectivity index (χ3v) is 4.00. The highest BCUT2D eigenvalue weighted by Gasteiger charge is 2.23. The molecule has 2 N–H and O–H groups in total. The number of hydrogen-bond acceptors (Lipinski definition) is 4. The molecule has 0 aliphatic heterocycles. The summed E-state index contributed by atoms with van der Waals surface area (Å²) in [6.45, 7) is 2.25. The number of aromatic nitrogens is 1. The summed E-state index contributed by atoms with van der Waals surface area (Å²) < 4.78 is 0. The smallest absolute Gasteiger partial charge is 0.321 e. The van der Waals surface area contributed by atoms with Crippen molar-refractivity contribution in [1.82, 2.24) is 15.6 Å². The van der Waals surface area contributed by atoms with Gasteiger partial charge in [-0.25, -0.2) is 9.78 Å². The molecule has 0 bridgehead atoms. The van der Waals surface area contributed by atoms with Gasteiger partial charge < -0.3 is 5.32 Å². The average Bonchev–Trinajstić information content (AvgIpc) is 2.54. The van der Waals surface area contributed by atoms with Crippen molar-refractivity contribution in [3.63, 3.8) is 0 Å². The number of nitrogens with zero attached hydrogens (tertiary/aromatic N) is 1. The molecule has 1 atom stereocenters. The second kappa shape index (κ2) is 8.19. The molecule has 22 heavy (non-hydrogen) atoms. The van der Waals surface area contributed by atoms with Crippen LogP contribution < -0.4 is 10.6 Å². The number of carbonyl (C=O) groups excluding carboxylic acids is 2.